The van der Waals surface area contributed by atoms with Crippen LogP contribution in [0.3, 0.4) is 0 Å². The van der Waals surface area contributed by atoms with Crippen LogP contribution in [0.15, 0.2) is 32.5 Å². The zero-order valence-corrected chi connectivity index (χ0v) is 18.6. The van der Waals surface area contributed by atoms with Crippen molar-refractivity contribution in [3.63, 3.8) is 0 Å². The van der Waals surface area contributed by atoms with Gasteiger partial charge in [-0.1, -0.05) is 29.8 Å². The van der Waals surface area contributed by atoms with Gasteiger partial charge < -0.3 is 25.5 Å². The van der Waals surface area contributed by atoms with Gasteiger partial charge in [-0.25, -0.2) is 9.78 Å². The van der Waals surface area contributed by atoms with Gasteiger partial charge in [0.25, 0.3) is 11.8 Å². The summed E-state index contributed by atoms with van der Waals surface area (Å²) in [6, 6.07) is 5.11. The maximum Gasteiger partial charge on any atom is 0.407 e. The van der Waals surface area contributed by atoms with Crippen molar-refractivity contribution < 1.29 is 23.5 Å². The fraction of sp³-hybridized carbons (Fsp3) is 0.263. The molecule has 3 rings (SSSR count). The van der Waals surface area contributed by atoms with Crippen LogP contribution in [-0.2, 0) is 11.3 Å². The zero-order chi connectivity index (χ0) is 21.8. The third kappa shape index (κ3) is 5.16. The number of fused-ring (bicyclic) bond motifs is 1. The van der Waals surface area contributed by atoms with Gasteiger partial charge in [0.05, 0.1) is 13.2 Å². The van der Waals surface area contributed by atoms with Crippen molar-refractivity contribution in [3.8, 4) is 0 Å². The molecule has 0 aliphatic carbocycles. The zero-order valence-electron chi connectivity index (χ0n) is 16.2. The number of amides is 3. The lowest BCUT2D eigenvalue weighted by Crippen LogP contribution is -2.25. The van der Waals surface area contributed by atoms with E-state index in [1.165, 1.54) is 11.3 Å². The Hall–Kier alpha value is -2.92. The maximum atomic E-state index is 12.7. The topological polar surface area (TPSA) is 137 Å². The van der Waals surface area contributed by atoms with E-state index in [-0.39, 0.29) is 29.6 Å². The van der Waals surface area contributed by atoms with E-state index >= 15 is 0 Å². The van der Waals surface area contributed by atoms with E-state index in [1.54, 1.807) is 23.6 Å². The highest BCUT2D eigenvalue weighted by Gasteiger charge is 2.22. The molecule has 0 aliphatic heterocycles. The van der Waals surface area contributed by atoms with Crippen LogP contribution in [0.25, 0.3) is 11.0 Å². The summed E-state index contributed by atoms with van der Waals surface area (Å²) in [6.07, 6.45) is -0.550. The van der Waals surface area contributed by atoms with E-state index in [4.69, 9.17) is 14.9 Å². The third-order valence-electron chi connectivity index (χ3n) is 3.83. The van der Waals surface area contributed by atoms with Crippen LogP contribution in [0, 0.1) is 5.92 Å². The molecule has 0 saturated carbocycles. The molecular formula is C19H19BrN4O5S. The first-order valence-corrected chi connectivity index (χ1v) is 10.6. The van der Waals surface area contributed by atoms with E-state index < -0.39 is 17.9 Å². The number of nitrogens with one attached hydrogen (secondary N) is 2. The second kappa shape index (κ2) is 9.26. The van der Waals surface area contributed by atoms with E-state index in [0.29, 0.717) is 22.6 Å². The van der Waals surface area contributed by atoms with Crippen molar-refractivity contribution in [2.24, 2.45) is 11.7 Å². The van der Waals surface area contributed by atoms with Gasteiger partial charge >= 0.3 is 6.09 Å². The number of nitrogens with zero attached hydrogens (tertiary/aromatic N) is 1. The van der Waals surface area contributed by atoms with Crippen molar-refractivity contribution in [1.82, 2.24) is 10.3 Å². The Morgan fingerprint density at radius 2 is 2.10 bits per heavy atom. The average Bonchev–Trinajstić information content (AvgIpc) is 3.30. The number of carbonyl (C=O) groups is 3. The first kappa shape index (κ1) is 21.8. The quantitative estimate of drug-likeness (QED) is 0.455. The minimum absolute atomic E-state index is 0.128. The molecule has 4 N–H and O–H groups in total. The highest BCUT2D eigenvalue weighted by molar-refractivity contribution is 9.10. The molecule has 0 bridgehead atoms. The number of nitrogens with two attached hydrogens (primary N) is 1. The molecule has 0 radical (unpaired) electrons. The lowest BCUT2D eigenvalue weighted by Gasteiger charge is -2.07. The average molecular weight is 495 g/mol. The summed E-state index contributed by atoms with van der Waals surface area (Å²) in [5.41, 5.74) is 6.10. The van der Waals surface area contributed by atoms with Gasteiger partial charge in [-0.2, -0.15) is 0 Å². The highest BCUT2D eigenvalue weighted by Crippen LogP contribution is 2.33. The van der Waals surface area contributed by atoms with Gasteiger partial charge in [0.2, 0.25) is 5.76 Å². The molecule has 30 heavy (non-hydrogen) atoms. The van der Waals surface area contributed by atoms with Crippen LogP contribution in [0.4, 0.5) is 10.5 Å². The number of benzene rings is 1. The summed E-state index contributed by atoms with van der Waals surface area (Å²) < 4.78 is 11.2. The summed E-state index contributed by atoms with van der Waals surface area (Å²) in [6.45, 7) is 4.31. The van der Waals surface area contributed by atoms with Crippen LogP contribution in [-0.4, -0.2) is 29.5 Å². The van der Waals surface area contributed by atoms with Crippen LogP contribution >= 0.6 is 27.3 Å². The number of carbonyl (C=O) groups excluding carboxylic acids is 3. The van der Waals surface area contributed by atoms with Crippen molar-refractivity contribution in [2.75, 3.05) is 11.9 Å². The van der Waals surface area contributed by atoms with E-state index in [1.807, 2.05) is 13.8 Å². The molecule has 0 aliphatic rings. The molecular weight excluding hydrogens is 476 g/mol. The normalized spacial score (nSPS) is 10.9. The number of rotatable bonds is 7. The molecule has 1 aromatic carbocycles. The maximum absolute atomic E-state index is 12.7. The second-order valence-electron chi connectivity index (χ2n) is 6.74. The molecule has 2 heterocycles. The summed E-state index contributed by atoms with van der Waals surface area (Å²) in [7, 11) is 0. The van der Waals surface area contributed by atoms with Gasteiger partial charge in [-0.05, 0) is 24.1 Å². The van der Waals surface area contributed by atoms with Crippen molar-refractivity contribution >= 4 is 61.8 Å². The third-order valence-corrected chi connectivity index (χ3v) is 5.17. The summed E-state index contributed by atoms with van der Waals surface area (Å²) in [5, 5.41) is 7.83. The number of primary amides is 1. The van der Waals surface area contributed by atoms with Crippen LogP contribution < -0.4 is 16.4 Å². The number of anilines is 1. The molecule has 3 aromatic rings. The summed E-state index contributed by atoms with van der Waals surface area (Å²) in [4.78, 5) is 40.2. The number of hydrogen-bond acceptors (Lipinski definition) is 7. The number of thiazole rings is 1. The molecule has 2 aromatic heterocycles. The highest BCUT2D eigenvalue weighted by atomic mass is 79.9. The fourth-order valence-electron chi connectivity index (χ4n) is 2.48. The molecule has 3 amide bonds. The Bertz CT molecular complexity index is 1110. The van der Waals surface area contributed by atoms with Gasteiger partial charge in [0.15, 0.2) is 0 Å². The molecule has 11 heteroatoms. The monoisotopic (exact) mass is 494 g/mol. The number of halogens is 1. The molecule has 0 spiro atoms. The molecule has 0 fully saturated rings. The van der Waals surface area contributed by atoms with Crippen LogP contribution in [0.5, 0.6) is 0 Å². The SMILES string of the molecule is CC(C)COC(=O)NCc1nc(C(=O)Nc2c(C(N)=O)oc3ccc(Br)cc23)cs1. The van der Waals surface area contributed by atoms with Gasteiger partial charge in [-0.15, -0.1) is 11.3 Å². The lowest BCUT2D eigenvalue weighted by atomic mass is 10.2. The minimum atomic E-state index is -0.805. The smallest absolute Gasteiger partial charge is 0.407 e. The summed E-state index contributed by atoms with van der Waals surface area (Å²) >= 11 is 4.56. The minimum Gasteiger partial charge on any atom is -0.449 e. The van der Waals surface area contributed by atoms with Crippen molar-refractivity contribution in [1.29, 1.82) is 0 Å². The molecule has 0 unspecified atom stereocenters. The van der Waals surface area contributed by atoms with Crippen LogP contribution in [0.2, 0.25) is 0 Å². The first-order valence-electron chi connectivity index (χ1n) is 8.92. The van der Waals surface area contributed by atoms with Gasteiger partial charge in [-0.3, -0.25) is 9.59 Å². The first-order chi connectivity index (χ1) is 14.2. The Labute approximate surface area is 184 Å². The molecule has 0 atom stereocenters. The van der Waals surface area contributed by atoms with E-state index in [9.17, 15) is 14.4 Å². The predicted octanol–water partition coefficient (Wildman–Crippen LogP) is 3.89. The lowest BCUT2D eigenvalue weighted by molar-refractivity contribution is 0.0977. The molecule has 9 nitrogen and oxygen atoms in total. The van der Waals surface area contributed by atoms with Crippen molar-refractivity contribution in [2.45, 2.75) is 20.4 Å². The molecule has 158 valence electrons. The van der Waals surface area contributed by atoms with E-state index in [0.717, 1.165) is 4.47 Å². The van der Waals surface area contributed by atoms with Crippen molar-refractivity contribution in [3.05, 3.63) is 44.5 Å². The van der Waals surface area contributed by atoms with Gasteiger partial charge in [0.1, 0.15) is 22.0 Å². The number of alkyl carbamates (subject to hydrolysis) is 1. The van der Waals surface area contributed by atoms with Crippen LogP contribution in [0.1, 0.15) is 39.9 Å². The number of aromatic nitrogens is 1. The van der Waals surface area contributed by atoms with E-state index in [2.05, 4.69) is 31.5 Å². The summed E-state index contributed by atoms with van der Waals surface area (Å²) in [5.74, 6) is -1.26. The second-order valence-corrected chi connectivity index (χ2v) is 8.60. The Morgan fingerprint density at radius 3 is 2.80 bits per heavy atom. The van der Waals surface area contributed by atoms with Gasteiger partial charge in [0, 0.05) is 15.2 Å². The number of hydrogen-bond donors (Lipinski definition) is 3. The Balaban J connectivity index is 1.71. The number of furan rings is 1. The standard InChI is InChI=1S/C19H19BrN4O5S/c1-9(2)7-28-19(27)22-6-14-23-12(8-30-14)18(26)24-15-11-5-10(20)3-4-13(11)29-16(15)17(21)25/h3-5,8-9H,6-7H2,1-2H3,(H2,21,25)(H,22,27)(H,24,26). The predicted molar refractivity (Wildman–Crippen MR) is 116 cm³/mol. The Morgan fingerprint density at radius 1 is 1.33 bits per heavy atom. The largest absolute Gasteiger partial charge is 0.449 e. The Kier molecular flexibility index (Phi) is 6.73. The fourth-order valence-corrected chi connectivity index (χ4v) is 3.56. The number of ether oxygens (including phenoxy) is 1. The molecule has 0 saturated heterocycles.